The molecule has 35 heavy (non-hydrogen) atoms. The Morgan fingerprint density at radius 3 is 2.63 bits per heavy atom. The number of thioether (sulfide) groups is 1. The Labute approximate surface area is 206 Å². The molecular formula is C24H16ClF3N2O4S. The molecule has 6 nitrogen and oxygen atoms in total. The Kier molecular flexibility index (Phi) is 6.77. The van der Waals surface area contributed by atoms with Gasteiger partial charge in [0.1, 0.15) is 18.1 Å². The van der Waals surface area contributed by atoms with E-state index in [1.807, 2.05) is 6.92 Å². The molecule has 1 N–H and O–H groups in total. The number of furan rings is 1. The van der Waals surface area contributed by atoms with Gasteiger partial charge in [0.25, 0.3) is 11.1 Å². The Balaban J connectivity index is 1.46. The summed E-state index contributed by atoms with van der Waals surface area (Å²) in [5.41, 5.74) is 0.640. The van der Waals surface area contributed by atoms with Crippen LogP contribution in [0.1, 0.15) is 16.9 Å². The van der Waals surface area contributed by atoms with Crippen molar-refractivity contribution >= 4 is 52.2 Å². The minimum absolute atomic E-state index is 0.0196. The van der Waals surface area contributed by atoms with Crippen LogP contribution in [-0.2, 0) is 15.8 Å². The normalized spacial score (nSPS) is 15.2. The molecule has 0 aliphatic carbocycles. The van der Waals surface area contributed by atoms with Crippen molar-refractivity contribution in [1.82, 2.24) is 4.90 Å². The van der Waals surface area contributed by atoms with Gasteiger partial charge in [-0.3, -0.25) is 19.3 Å². The van der Waals surface area contributed by atoms with Crippen LogP contribution in [0.15, 0.2) is 63.9 Å². The molecule has 0 spiro atoms. The predicted molar refractivity (Wildman–Crippen MR) is 127 cm³/mol. The van der Waals surface area contributed by atoms with Crippen molar-refractivity contribution < 1.29 is 32.0 Å². The van der Waals surface area contributed by atoms with Crippen LogP contribution in [0.5, 0.6) is 0 Å². The molecule has 0 unspecified atom stereocenters. The Morgan fingerprint density at radius 1 is 1.14 bits per heavy atom. The fraction of sp³-hybridized carbons (Fsp3) is 0.125. The van der Waals surface area contributed by atoms with Gasteiger partial charge in [-0.05, 0) is 60.6 Å². The molecule has 0 atom stereocenters. The first kappa shape index (κ1) is 24.6. The zero-order chi connectivity index (χ0) is 25.3. The summed E-state index contributed by atoms with van der Waals surface area (Å²) in [5.74, 6) is -0.938. The summed E-state index contributed by atoms with van der Waals surface area (Å²) >= 11 is 6.67. The maximum atomic E-state index is 13.0. The number of rotatable bonds is 5. The molecule has 3 aromatic rings. The molecule has 0 saturated carbocycles. The zero-order valence-electron chi connectivity index (χ0n) is 18.0. The monoisotopic (exact) mass is 520 g/mol. The number of nitrogens with one attached hydrogen (secondary N) is 1. The highest BCUT2D eigenvalue weighted by atomic mass is 35.5. The van der Waals surface area contributed by atoms with Gasteiger partial charge in [0.05, 0.1) is 10.5 Å². The van der Waals surface area contributed by atoms with Crippen LogP contribution in [0, 0.1) is 6.92 Å². The van der Waals surface area contributed by atoms with E-state index in [-0.39, 0.29) is 22.0 Å². The fourth-order valence-corrected chi connectivity index (χ4v) is 4.21. The number of amides is 3. The Hall–Kier alpha value is -3.50. The van der Waals surface area contributed by atoms with Crippen LogP contribution < -0.4 is 5.32 Å². The van der Waals surface area contributed by atoms with Crippen molar-refractivity contribution in [2.75, 3.05) is 11.9 Å². The summed E-state index contributed by atoms with van der Waals surface area (Å²) in [6.45, 7) is 1.31. The third-order valence-electron chi connectivity index (χ3n) is 5.01. The van der Waals surface area contributed by atoms with Gasteiger partial charge in [0.15, 0.2) is 0 Å². The molecule has 4 rings (SSSR count). The molecule has 1 saturated heterocycles. The number of aryl methyl sites for hydroxylation is 1. The summed E-state index contributed by atoms with van der Waals surface area (Å²) < 4.78 is 44.5. The molecule has 2 heterocycles. The van der Waals surface area contributed by atoms with Crippen LogP contribution in [-0.4, -0.2) is 28.5 Å². The smallest absolute Gasteiger partial charge is 0.416 e. The highest BCUT2D eigenvalue weighted by Gasteiger charge is 2.36. The predicted octanol–water partition coefficient (Wildman–Crippen LogP) is 6.60. The molecule has 1 aromatic heterocycles. The van der Waals surface area contributed by atoms with E-state index in [4.69, 9.17) is 16.0 Å². The first-order valence-corrected chi connectivity index (χ1v) is 11.3. The van der Waals surface area contributed by atoms with Crippen molar-refractivity contribution in [2.45, 2.75) is 13.1 Å². The van der Waals surface area contributed by atoms with Gasteiger partial charge in [-0.1, -0.05) is 29.8 Å². The molecule has 1 aliphatic rings. The Morgan fingerprint density at radius 2 is 1.91 bits per heavy atom. The van der Waals surface area contributed by atoms with Crippen LogP contribution in [0.4, 0.5) is 23.7 Å². The number of benzene rings is 2. The second kappa shape index (κ2) is 9.63. The van der Waals surface area contributed by atoms with E-state index >= 15 is 0 Å². The Bertz CT molecular complexity index is 1370. The van der Waals surface area contributed by atoms with E-state index in [0.717, 1.165) is 22.6 Å². The van der Waals surface area contributed by atoms with Gasteiger partial charge < -0.3 is 9.73 Å². The molecular weight excluding hydrogens is 505 g/mol. The molecule has 1 aliphatic heterocycles. The molecule has 1 fully saturated rings. The number of hydrogen-bond donors (Lipinski definition) is 1. The third-order valence-corrected chi connectivity index (χ3v) is 6.32. The summed E-state index contributed by atoms with van der Waals surface area (Å²) in [7, 11) is 0. The molecule has 2 aromatic carbocycles. The van der Waals surface area contributed by atoms with Crippen LogP contribution in [0.3, 0.4) is 0 Å². The fourth-order valence-electron chi connectivity index (χ4n) is 3.21. The number of carbonyl (C=O) groups is 3. The van der Waals surface area contributed by atoms with Crippen molar-refractivity contribution in [2.24, 2.45) is 0 Å². The lowest BCUT2D eigenvalue weighted by molar-refractivity contribution is -0.137. The van der Waals surface area contributed by atoms with E-state index in [0.29, 0.717) is 22.5 Å². The number of alkyl halides is 3. The van der Waals surface area contributed by atoms with Crippen molar-refractivity contribution in [3.05, 3.63) is 81.4 Å². The number of hydrogen-bond acceptors (Lipinski definition) is 5. The van der Waals surface area contributed by atoms with Crippen molar-refractivity contribution in [1.29, 1.82) is 0 Å². The highest BCUT2D eigenvalue weighted by molar-refractivity contribution is 8.18. The molecule has 0 radical (unpaired) electrons. The average molecular weight is 521 g/mol. The maximum absolute atomic E-state index is 13.0. The molecule has 0 bridgehead atoms. The molecule has 180 valence electrons. The first-order valence-electron chi connectivity index (χ1n) is 10.1. The molecule has 3 amide bonds. The zero-order valence-corrected chi connectivity index (χ0v) is 19.6. The van der Waals surface area contributed by atoms with Gasteiger partial charge >= 0.3 is 6.18 Å². The van der Waals surface area contributed by atoms with Gasteiger partial charge in [0, 0.05) is 22.3 Å². The van der Waals surface area contributed by atoms with Crippen molar-refractivity contribution in [3.8, 4) is 11.3 Å². The summed E-state index contributed by atoms with van der Waals surface area (Å²) in [6, 6.07) is 12.5. The number of imide groups is 1. The van der Waals surface area contributed by atoms with E-state index in [9.17, 15) is 27.6 Å². The molecule has 11 heteroatoms. The third kappa shape index (κ3) is 5.60. The topological polar surface area (TPSA) is 79.6 Å². The largest absolute Gasteiger partial charge is 0.457 e. The van der Waals surface area contributed by atoms with Gasteiger partial charge in [0.2, 0.25) is 5.91 Å². The first-order chi connectivity index (χ1) is 16.5. The van der Waals surface area contributed by atoms with Gasteiger partial charge in [-0.2, -0.15) is 13.2 Å². The standard InChI is InChI=1S/C24H16ClF3N2O4S/c1-13-5-6-16(10-18(13)25)29-21(31)12-30-22(32)20(35-23(30)33)11-17-7-8-19(34-17)14-3-2-4-15(9-14)24(26,27)28/h2-11H,12H2,1H3,(H,29,31)/b20-11+. The lowest BCUT2D eigenvalue weighted by Crippen LogP contribution is -2.36. The van der Waals surface area contributed by atoms with Crippen LogP contribution >= 0.6 is 23.4 Å². The van der Waals surface area contributed by atoms with Crippen molar-refractivity contribution in [3.63, 3.8) is 0 Å². The van der Waals surface area contributed by atoms with Gasteiger partial charge in [-0.25, -0.2) is 0 Å². The number of nitrogens with zero attached hydrogens (tertiary/aromatic N) is 1. The minimum Gasteiger partial charge on any atom is -0.457 e. The van der Waals surface area contributed by atoms with Gasteiger partial charge in [-0.15, -0.1) is 0 Å². The summed E-state index contributed by atoms with van der Waals surface area (Å²) in [5, 5.41) is 2.40. The van der Waals surface area contributed by atoms with E-state index < -0.39 is 35.3 Å². The second-order valence-corrected chi connectivity index (χ2v) is 8.96. The average Bonchev–Trinajstić information content (AvgIpc) is 3.36. The summed E-state index contributed by atoms with van der Waals surface area (Å²) in [6.07, 6.45) is -3.19. The van der Waals surface area contributed by atoms with E-state index in [1.165, 1.54) is 30.3 Å². The van der Waals surface area contributed by atoms with E-state index in [1.54, 1.807) is 18.2 Å². The van der Waals surface area contributed by atoms with Crippen LogP contribution in [0.25, 0.3) is 17.4 Å². The summed E-state index contributed by atoms with van der Waals surface area (Å²) in [4.78, 5) is 38.2. The highest BCUT2D eigenvalue weighted by Crippen LogP contribution is 2.35. The number of anilines is 1. The number of carbonyl (C=O) groups excluding carboxylic acids is 3. The minimum atomic E-state index is -4.50. The second-order valence-electron chi connectivity index (χ2n) is 7.56. The quantitative estimate of drug-likeness (QED) is 0.383. The lowest BCUT2D eigenvalue weighted by atomic mass is 10.1. The maximum Gasteiger partial charge on any atom is 0.416 e. The van der Waals surface area contributed by atoms with E-state index in [2.05, 4.69) is 5.32 Å². The number of halogens is 4. The van der Waals surface area contributed by atoms with Crippen LogP contribution in [0.2, 0.25) is 5.02 Å². The lowest BCUT2D eigenvalue weighted by Gasteiger charge is -2.12. The SMILES string of the molecule is Cc1ccc(NC(=O)CN2C(=O)S/C(=C/c3ccc(-c4cccc(C(F)(F)F)c4)o3)C2=O)cc1Cl.